The third-order valence-electron chi connectivity index (χ3n) is 15.4. The average molecular weight is 1130 g/mol. The van der Waals surface area contributed by atoms with E-state index in [4.69, 9.17) is 14.2 Å². The lowest BCUT2D eigenvalue weighted by Gasteiger charge is -2.18. The van der Waals surface area contributed by atoms with Crippen molar-refractivity contribution in [2.24, 2.45) is 0 Å². The smallest absolute Gasteiger partial charge is 0.306 e. The number of esters is 3. The quantitative estimate of drug-likeness (QED) is 0.0261. The van der Waals surface area contributed by atoms with E-state index < -0.39 is 6.10 Å². The van der Waals surface area contributed by atoms with Crippen LogP contribution in [0.1, 0.15) is 355 Å². The lowest BCUT2D eigenvalue weighted by molar-refractivity contribution is -0.167. The summed E-state index contributed by atoms with van der Waals surface area (Å²) in [7, 11) is 0. The second-order valence-corrected chi connectivity index (χ2v) is 23.4. The third-order valence-corrected chi connectivity index (χ3v) is 15.4. The van der Waals surface area contributed by atoms with Gasteiger partial charge in [0.15, 0.2) is 6.10 Å². The van der Waals surface area contributed by atoms with Crippen molar-refractivity contribution < 1.29 is 28.6 Å². The molecule has 0 spiro atoms. The number of carbonyl (C=O) groups excluding carboxylic acids is 3. The topological polar surface area (TPSA) is 78.9 Å². The summed E-state index contributed by atoms with van der Waals surface area (Å²) in [6.45, 7) is 6.54. The fourth-order valence-electron chi connectivity index (χ4n) is 10.2. The monoisotopic (exact) mass is 1130 g/mol. The molecule has 0 rings (SSSR count). The molecule has 6 heteroatoms. The van der Waals surface area contributed by atoms with Gasteiger partial charge in [-0.25, -0.2) is 0 Å². The molecular weight excluding hydrogens is 997 g/mol. The number of ether oxygens (including phenoxy) is 3. The molecule has 0 aromatic carbocycles. The molecule has 0 N–H and O–H groups in total. The summed E-state index contributed by atoms with van der Waals surface area (Å²) in [4.78, 5) is 38.4. The largest absolute Gasteiger partial charge is 0.462 e. The Labute approximate surface area is 503 Å². The first kappa shape index (κ1) is 77.6. The van der Waals surface area contributed by atoms with Crippen LogP contribution in [0.3, 0.4) is 0 Å². The molecule has 6 nitrogen and oxygen atoms in total. The highest BCUT2D eigenvalue weighted by Crippen LogP contribution is 2.18. The molecule has 81 heavy (non-hydrogen) atoms. The summed E-state index contributed by atoms with van der Waals surface area (Å²) < 4.78 is 16.9. The minimum atomic E-state index is -0.799. The standard InChI is InChI=1S/C75H132O6/c1-4-7-10-13-16-19-22-25-27-29-31-33-34-35-36-37-38-39-40-42-43-45-47-50-53-56-59-62-65-68-74(77)80-71-72(70-79-73(76)67-64-61-58-55-52-49-24-21-18-15-12-9-6-3)81-75(78)69-66-63-60-57-54-51-48-46-44-41-32-30-28-26-23-20-17-14-11-8-5-2/h8,11,17,20,26,28-29,31-32,41,46,48,54,57,72H,4-7,9-10,12-16,18-19,21-25,27,30,33-40,42-45,47,49-53,55-56,58-71H2,1-3H3/b11-8-,20-17-,28-26-,31-29-,41-32-,48-46-,57-54-. The maximum absolute atomic E-state index is 12.9. The van der Waals surface area contributed by atoms with E-state index in [2.05, 4.69) is 106 Å². The number of rotatable bonds is 64. The van der Waals surface area contributed by atoms with Gasteiger partial charge in [0.2, 0.25) is 0 Å². The Hall–Kier alpha value is -3.41. The molecule has 0 aliphatic heterocycles. The van der Waals surface area contributed by atoms with Crippen molar-refractivity contribution >= 4 is 17.9 Å². The molecular formula is C75H132O6. The number of carbonyl (C=O) groups is 3. The Morgan fingerprint density at radius 2 is 0.481 bits per heavy atom. The predicted molar refractivity (Wildman–Crippen MR) is 353 cm³/mol. The minimum Gasteiger partial charge on any atom is -0.462 e. The molecule has 0 radical (unpaired) electrons. The number of unbranched alkanes of at least 4 members (excludes halogenated alkanes) is 39. The zero-order chi connectivity index (χ0) is 58.5. The second-order valence-electron chi connectivity index (χ2n) is 23.4. The van der Waals surface area contributed by atoms with Gasteiger partial charge >= 0.3 is 17.9 Å². The van der Waals surface area contributed by atoms with Crippen molar-refractivity contribution in [3.8, 4) is 0 Å². The Morgan fingerprint density at radius 3 is 0.790 bits per heavy atom. The molecule has 0 saturated carbocycles. The number of hydrogen-bond acceptors (Lipinski definition) is 6. The predicted octanol–water partition coefficient (Wildman–Crippen LogP) is 24.2. The van der Waals surface area contributed by atoms with Crippen LogP contribution in [0.15, 0.2) is 85.1 Å². The van der Waals surface area contributed by atoms with Crippen molar-refractivity contribution in [1.29, 1.82) is 0 Å². The maximum atomic E-state index is 12.9. The summed E-state index contributed by atoms with van der Waals surface area (Å²) in [5, 5.41) is 0. The molecule has 468 valence electrons. The van der Waals surface area contributed by atoms with Gasteiger partial charge in [0.25, 0.3) is 0 Å². The van der Waals surface area contributed by atoms with Crippen LogP contribution in [0.25, 0.3) is 0 Å². The van der Waals surface area contributed by atoms with Crippen LogP contribution in [0, 0.1) is 0 Å². The van der Waals surface area contributed by atoms with Crippen molar-refractivity contribution in [2.75, 3.05) is 13.2 Å². The molecule has 1 unspecified atom stereocenters. The first-order valence-electron chi connectivity index (χ1n) is 35.1. The molecule has 0 amide bonds. The van der Waals surface area contributed by atoms with Crippen LogP contribution >= 0.6 is 0 Å². The van der Waals surface area contributed by atoms with Gasteiger partial charge in [-0.15, -0.1) is 0 Å². The molecule has 0 heterocycles. The van der Waals surface area contributed by atoms with Gasteiger partial charge in [-0.05, 0) is 96.3 Å². The van der Waals surface area contributed by atoms with Crippen molar-refractivity contribution in [2.45, 2.75) is 361 Å². The van der Waals surface area contributed by atoms with Gasteiger partial charge in [-0.1, -0.05) is 324 Å². The second kappa shape index (κ2) is 69.1. The van der Waals surface area contributed by atoms with Crippen LogP contribution in [0.2, 0.25) is 0 Å². The summed E-state index contributed by atoms with van der Waals surface area (Å²) >= 11 is 0. The van der Waals surface area contributed by atoms with E-state index in [1.807, 2.05) is 0 Å². The third kappa shape index (κ3) is 67.3. The van der Waals surface area contributed by atoms with Gasteiger partial charge < -0.3 is 14.2 Å². The van der Waals surface area contributed by atoms with E-state index in [1.54, 1.807) is 0 Å². The normalized spacial score (nSPS) is 12.6. The lowest BCUT2D eigenvalue weighted by atomic mass is 10.0. The van der Waals surface area contributed by atoms with Crippen LogP contribution in [0.5, 0.6) is 0 Å². The van der Waals surface area contributed by atoms with E-state index in [0.29, 0.717) is 19.3 Å². The molecule has 0 saturated heterocycles. The van der Waals surface area contributed by atoms with E-state index in [9.17, 15) is 14.4 Å². The molecule has 0 aliphatic carbocycles. The Kier molecular flexibility index (Phi) is 66.2. The Bertz CT molecular complexity index is 1530. The van der Waals surface area contributed by atoms with Crippen LogP contribution in [-0.4, -0.2) is 37.2 Å². The van der Waals surface area contributed by atoms with Crippen LogP contribution < -0.4 is 0 Å². The Morgan fingerprint density at radius 1 is 0.259 bits per heavy atom. The lowest BCUT2D eigenvalue weighted by Crippen LogP contribution is -2.30. The average Bonchev–Trinajstić information content (AvgIpc) is 3.46. The molecule has 0 aromatic heterocycles. The summed E-state index contributed by atoms with van der Waals surface area (Å²) in [6, 6.07) is 0. The van der Waals surface area contributed by atoms with Gasteiger partial charge in [0.05, 0.1) is 0 Å². The van der Waals surface area contributed by atoms with Crippen molar-refractivity contribution in [3.63, 3.8) is 0 Å². The van der Waals surface area contributed by atoms with Crippen LogP contribution in [-0.2, 0) is 28.6 Å². The molecule has 0 fully saturated rings. The van der Waals surface area contributed by atoms with Gasteiger partial charge in [-0.3, -0.25) is 14.4 Å². The first-order valence-corrected chi connectivity index (χ1v) is 35.1. The molecule has 0 aromatic rings. The molecule has 0 bridgehead atoms. The van der Waals surface area contributed by atoms with Crippen molar-refractivity contribution in [1.82, 2.24) is 0 Å². The highest BCUT2D eigenvalue weighted by Gasteiger charge is 2.19. The molecule has 0 aliphatic rings. The number of allylic oxidation sites excluding steroid dienone is 14. The SMILES string of the molecule is CC/C=C\C/C=C\C/C=C\C/C=C\C/C=C\C/C=C\CCCCC(=O)OC(COC(=O)CCCCCCCCCCCCCCC)COC(=O)CCCCCCCCCCCCCCCCCCC/C=C\CCCCCCCCCC. The van der Waals surface area contributed by atoms with Gasteiger partial charge in [-0.2, -0.15) is 0 Å². The van der Waals surface area contributed by atoms with E-state index in [0.717, 1.165) is 89.9 Å². The fraction of sp³-hybridized carbons (Fsp3) is 0.773. The zero-order valence-corrected chi connectivity index (χ0v) is 53.8. The van der Waals surface area contributed by atoms with E-state index >= 15 is 0 Å². The summed E-state index contributed by atoms with van der Waals surface area (Å²) in [5.41, 5.74) is 0. The van der Waals surface area contributed by atoms with Gasteiger partial charge in [0, 0.05) is 19.3 Å². The Balaban J connectivity index is 4.28. The fourth-order valence-corrected chi connectivity index (χ4v) is 10.2. The summed E-state index contributed by atoms with van der Waals surface area (Å²) in [6.07, 6.45) is 91.9. The number of hydrogen-bond donors (Lipinski definition) is 0. The van der Waals surface area contributed by atoms with E-state index in [-0.39, 0.29) is 37.5 Å². The molecule has 1 atom stereocenters. The van der Waals surface area contributed by atoms with E-state index in [1.165, 1.54) is 218 Å². The minimum absolute atomic E-state index is 0.0904. The first-order chi connectivity index (χ1) is 40.0. The highest BCUT2D eigenvalue weighted by atomic mass is 16.6. The van der Waals surface area contributed by atoms with Crippen LogP contribution in [0.4, 0.5) is 0 Å². The summed E-state index contributed by atoms with van der Waals surface area (Å²) in [5.74, 6) is -0.916. The van der Waals surface area contributed by atoms with Crippen molar-refractivity contribution in [3.05, 3.63) is 85.1 Å². The zero-order valence-electron chi connectivity index (χ0n) is 53.8. The highest BCUT2D eigenvalue weighted by molar-refractivity contribution is 5.71. The van der Waals surface area contributed by atoms with Gasteiger partial charge in [0.1, 0.15) is 13.2 Å². The maximum Gasteiger partial charge on any atom is 0.306 e.